The number of hydrogen-bond acceptors (Lipinski definition) is 4. The van der Waals surface area contributed by atoms with Gasteiger partial charge in [-0.1, -0.05) is 6.92 Å². The first-order chi connectivity index (χ1) is 10.0. The Morgan fingerprint density at radius 2 is 2.24 bits per heavy atom. The summed E-state index contributed by atoms with van der Waals surface area (Å²) in [4.78, 5) is 7.29. The lowest BCUT2D eigenvalue weighted by atomic mass is 10.4. The summed E-state index contributed by atoms with van der Waals surface area (Å²) in [5.74, 6) is 0.763. The van der Waals surface area contributed by atoms with Crippen molar-refractivity contribution in [1.29, 1.82) is 0 Å². The molecule has 116 valence electrons. The third kappa shape index (κ3) is 4.16. The molecule has 21 heavy (non-hydrogen) atoms. The fourth-order valence-electron chi connectivity index (χ4n) is 1.97. The number of aromatic amines is 1. The number of sulfonamides is 1. The maximum Gasteiger partial charge on any atom is 0.242 e. The summed E-state index contributed by atoms with van der Waals surface area (Å²) >= 11 is 0. The Hall–Kier alpha value is -1.64. The number of nitrogens with zero attached hydrogens (tertiary/aromatic N) is 2. The molecule has 0 aliphatic carbocycles. The molecule has 8 heteroatoms. The normalized spacial score (nSPS) is 11.9. The maximum atomic E-state index is 12.2. The van der Waals surface area contributed by atoms with E-state index in [4.69, 9.17) is 0 Å². The Labute approximate surface area is 124 Å². The zero-order valence-electron chi connectivity index (χ0n) is 12.3. The summed E-state index contributed by atoms with van der Waals surface area (Å²) in [5.41, 5.74) is 0.934. The summed E-state index contributed by atoms with van der Waals surface area (Å²) in [5, 5.41) is 3.18. The van der Waals surface area contributed by atoms with Crippen LogP contribution in [0.15, 0.2) is 29.6 Å². The molecule has 3 N–H and O–H groups in total. The van der Waals surface area contributed by atoms with Crippen molar-refractivity contribution in [1.82, 2.24) is 24.6 Å². The van der Waals surface area contributed by atoms with Crippen molar-refractivity contribution in [2.45, 2.75) is 24.8 Å². The van der Waals surface area contributed by atoms with Gasteiger partial charge in [0.15, 0.2) is 0 Å². The van der Waals surface area contributed by atoms with Gasteiger partial charge in [0.25, 0.3) is 0 Å². The van der Waals surface area contributed by atoms with Crippen LogP contribution in [0.3, 0.4) is 0 Å². The van der Waals surface area contributed by atoms with Crippen LogP contribution in [0.25, 0.3) is 0 Å². The fraction of sp³-hybridized carbons (Fsp3) is 0.462. The monoisotopic (exact) mass is 311 g/mol. The molecule has 0 radical (unpaired) electrons. The number of H-pyrrole nitrogens is 1. The highest BCUT2D eigenvalue weighted by Gasteiger charge is 2.17. The quantitative estimate of drug-likeness (QED) is 0.657. The molecule has 0 atom stereocenters. The van der Waals surface area contributed by atoms with E-state index in [2.05, 4.69) is 20.0 Å². The van der Waals surface area contributed by atoms with Gasteiger partial charge < -0.3 is 14.9 Å². The smallest absolute Gasteiger partial charge is 0.242 e. The molecule has 2 aromatic heterocycles. The van der Waals surface area contributed by atoms with Crippen molar-refractivity contribution in [3.63, 3.8) is 0 Å². The van der Waals surface area contributed by atoms with Crippen molar-refractivity contribution < 1.29 is 8.42 Å². The summed E-state index contributed by atoms with van der Waals surface area (Å²) in [6, 6.07) is 1.69. The van der Waals surface area contributed by atoms with Gasteiger partial charge in [0, 0.05) is 50.8 Å². The summed E-state index contributed by atoms with van der Waals surface area (Å²) in [6.45, 7) is 3.81. The van der Waals surface area contributed by atoms with Crippen molar-refractivity contribution >= 4 is 10.0 Å². The lowest BCUT2D eigenvalue weighted by molar-refractivity contribution is 0.581. The van der Waals surface area contributed by atoms with Gasteiger partial charge in [-0.05, 0) is 12.6 Å². The zero-order chi connectivity index (χ0) is 15.3. The van der Waals surface area contributed by atoms with Crippen LogP contribution in [0, 0.1) is 0 Å². The number of aromatic nitrogens is 3. The van der Waals surface area contributed by atoms with E-state index >= 15 is 0 Å². The van der Waals surface area contributed by atoms with Gasteiger partial charge in [0.1, 0.15) is 5.82 Å². The Morgan fingerprint density at radius 1 is 1.43 bits per heavy atom. The van der Waals surface area contributed by atoms with Crippen LogP contribution < -0.4 is 10.0 Å². The Morgan fingerprint density at radius 3 is 2.90 bits per heavy atom. The van der Waals surface area contributed by atoms with Crippen molar-refractivity contribution in [2.24, 2.45) is 7.05 Å². The molecule has 0 bridgehead atoms. The highest BCUT2D eigenvalue weighted by molar-refractivity contribution is 7.89. The van der Waals surface area contributed by atoms with E-state index in [0.717, 1.165) is 18.1 Å². The summed E-state index contributed by atoms with van der Waals surface area (Å²) in [6.07, 6.45) is 5.52. The Balaban J connectivity index is 1.98. The van der Waals surface area contributed by atoms with Crippen LogP contribution in [0.1, 0.15) is 18.4 Å². The predicted octanol–water partition coefficient (Wildman–Crippen LogP) is 0.379. The molecule has 0 spiro atoms. The van der Waals surface area contributed by atoms with Crippen LogP contribution in [0.4, 0.5) is 0 Å². The van der Waals surface area contributed by atoms with E-state index < -0.39 is 10.0 Å². The number of nitrogens with one attached hydrogen (secondary N) is 3. The molecule has 0 amide bonds. The molecular weight excluding hydrogens is 290 g/mol. The minimum Gasteiger partial charge on any atom is -0.352 e. The summed E-state index contributed by atoms with van der Waals surface area (Å²) < 4.78 is 28.9. The van der Waals surface area contributed by atoms with E-state index in [0.29, 0.717) is 19.5 Å². The van der Waals surface area contributed by atoms with E-state index in [1.54, 1.807) is 24.7 Å². The zero-order valence-corrected chi connectivity index (χ0v) is 13.1. The third-order valence-corrected chi connectivity index (χ3v) is 4.59. The first-order valence-electron chi connectivity index (χ1n) is 6.87. The van der Waals surface area contributed by atoms with E-state index in [9.17, 15) is 8.42 Å². The van der Waals surface area contributed by atoms with E-state index in [-0.39, 0.29) is 4.90 Å². The van der Waals surface area contributed by atoms with Gasteiger partial charge >= 0.3 is 0 Å². The second-order valence-electron chi connectivity index (χ2n) is 4.74. The van der Waals surface area contributed by atoms with Gasteiger partial charge in [-0.3, -0.25) is 0 Å². The molecule has 2 rings (SSSR count). The average molecular weight is 311 g/mol. The molecule has 0 aliphatic heterocycles. The molecule has 0 aliphatic rings. The number of imidazole rings is 1. The van der Waals surface area contributed by atoms with E-state index in [1.165, 1.54) is 0 Å². The second-order valence-corrected chi connectivity index (χ2v) is 6.51. The van der Waals surface area contributed by atoms with Gasteiger partial charge in [0.05, 0.1) is 4.90 Å². The molecule has 0 fully saturated rings. The number of hydrogen-bond donors (Lipinski definition) is 3. The van der Waals surface area contributed by atoms with Crippen molar-refractivity contribution in [3.8, 4) is 0 Å². The third-order valence-electron chi connectivity index (χ3n) is 3.16. The standard InChI is InChI=1S/C13H21N5O2S/c1-3-14-9-11-8-12(10-18(11)2)21(19,20)17-5-4-13-15-6-7-16-13/h6-8,10,14,17H,3-5,9H2,1-2H3,(H,15,16). The minimum absolute atomic E-state index is 0.289. The first-order valence-corrected chi connectivity index (χ1v) is 8.35. The van der Waals surface area contributed by atoms with Gasteiger partial charge in [-0.2, -0.15) is 0 Å². The fourth-order valence-corrected chi connectivity index (χ4v) is 3.10. The van der Waals surface area contributed by atoms with E-state index in [1.807, 2.05) is 18.5 Å². The van der Waals surface area contributed by atoms with Gasteiger partial charge in [0.2, 0.25) is 10.0 Å². The van der Waals surface area contributed by atoms with Crippen LogP contribution in [0.5, 0.6) is 0 Å². The predicted molar refractivity (Wildman–Crippen MR) is 80.3 cm³/mol. The van der Waals surface area contributed by atoms with Crippen LogP contribution >= 0.6 is 0 Å². The van der Waals surface area contributed by atoms with Gasteiger partial charge in [-0.25, -0.2) is 18.1 Å². The SMILES string of the molecule is CCNCc1cc(S(=O)(=O)NCCc2ncc[nH]2)cn1C. The molecule has 0 unspecified atom stereocenters. The Bertz CT molecular complexity index is 661. The highest BCUT2D eigenvalue weighted by atomic mass is 32.2. The highest BCUT2D eigenvalue weighted by Crippen LogP contribution is 2.13. The van der Waals surface area contributed by atoms with Gasteiger partial charge in [-0.15, -0.1) is 0 Å². The van der Waals surface area contributed by atoms with Crippen molar-refractivity contribution in [2.75, 3.05) is 13.1 Å². The molecular formula is C13H21N5O2S. The topological polar surface area (TPSA) is 91.8 Å². The average Bonchev–Trinajstić information content (AvgIpc) is 3.06. The minimum atomic E-state index is -3.48. The summed E-state index contributed by atoms with van der Waals surface area (Å²) in [7, 11) is -1.64. The van der Waals surface area contributed by atoms with Crippen LogP contribution in [-0.4, -0.2) is 36.0 Å². The first kappa shape index (κ1) is 15.7. The molecule has 0 aromatic carbocycles. The van der Waals surface area contributed by atoms with Crippen LogP contribution in [-0.2, 0) is 30.0 Å². The number of rotatable bonds is 8. The molecule has 2 heterocycles. The molecule has 0 saturated heterocycles. The van der Waals surface area contributed by atoms with Crippen LogP contribution in [0.2, 0.25) is 0 Å². The maximum absolute atomic E-state index is 12.2. The molecule has 0 saturated carbocycles. The number of aryl methyl sites for hydroxylation is 1. The molecule has 2 aromatic rings. The second kappa shape index (κ2) is 6.88. The molecule has 7 nitrogen and oxygen atoms in total. The lowest BCUT2D eigenvalue weighted by Crippen LogP contribution is -2.26. The lowest BCUT2D eigenvalue weighted by Gasteiger charge is -2.03. The Kier molecular flexibility index (Phi) is 5.16. The van der Waals surface area contributed by atoms with Crippen molar-refractivity contribution in [3.05, 3.63) is 36.2 Å². The largest absolute Gasteiger partial charge is 0.352 e.